The largest absolute Gasteiger partial charge is 0.391 e. The fourth-order valence-corrected chi connectivity index (χ4v) is 5.03. The van der Waals surface area contributed by atoms with Crippen LogP contribution in [-0.2, 0) is 6.54 Å². The van der Waals surface area contributed by atoms with Crippen molar-refractivity contribution in [3.8, 4) is 0 Å². The molecule has 3 aliphatic rings. The first-order valence-electron chi connectivity index (χ1n) is 11.9. The summed E-state index contributed by atoms with van der Waals surface area (Å²) >= 11 is 0. The minimum absolute atomic E-state index is 0.0661. The second kappa shape index (κ2) is 9.05. The first kappa shape index (κ1) is 21.2. The monoisotopic (exact) mass is 440 g/mol. The number of aromatic nitrogens is 4. The van der Waals surface area contributed by atoms with Crippen LogP contribution in [0.15, 0.2) is 34.1 Å². The van der Waals surface area contributed by atoms with Crippen LogP contribution in [0.3, 0.4) is 0 Å². The lowest BCUT2D eigenvalue weighted by atomic mass is 10.0. The normalized spacial score (nSPS) is 25.8. The van der Waals surface area contributed by atoms with Crippen molar-refractivity contribution in [3.63, 3.8) is 0 Å². The maximum absolute atomic E-state index is 12.8. The Labute approximate surface area is 187 Å². The number of aliphatic hydroxyl groups excluding tert-OH is 1. The number of hydrogen-bond acceptors (Lipinski definition) is 7. The fourth-order valence-electron chi connectivity index (χ4n) is 5.03. The molecule has 0 spiro atoms. The molecule has 9 nitrogen and oxygen atoms in total. The average Bonchev–Trinajstić information content (AvgIpc) is 3.53. The van der Waals surface area contributed by atoms with E-state index < -0.39 is 6.10 Å². The third kappa shape index (κ3) is 4.44. The van der Waals surface area contributed by atoms with E-state index in [4.69, 9.17) is 0 Å². The van der Waals surface area contributed by atoms with Crippen molar-refractivity contribution in [1.29, 1.82) is 0 Å². The van der Waals surface area contributed by atoms with E-state index in [1.807, 2.05) is 0 Å². The minimum Gasteiger partial charge on any atom is -0.391 e. The Kier molecular flexibility index (Phi) is 5.99. The second-order valence-electron chi connectivity index (χ2n) is 9.44. The molecule has 2 N–H and O–H groups in total. The van der Waals surface area contributed by atoms with Gasteiger partial charge in [-0.05, 0) is 63.4 Å². The van der Waals surface area contributed by atoms with Crippen LogP contribution in [-0.4, -0.2) is 49.7 Å². The van der Waals surface area contributed by atoms with Gasteiger partial charge in [-0.15, -0.1) is 0 Å². The van der Waals surface area contributed by atoms with Gasteiger partial charge in [-0.2, -0.15) is 5.10 Å². The average molecular weight is 441 g/mol. The minimum atomic E-state index is -0.517. The molecule has 172 valence electrons. The molecule has 32 heavy (non-hydrogen) atoms. The Morgan fingerprint density at radius 1 is 1.06 bits per heavy atom. The molecule has 3 heterocycles. The van der Waals surface area contributed by atoms with Crippen LogP contribution in [0.4, 0.5) is 11.6 Å². The number of aliphatic hydroxyl groups is 1. The molecule has 0 bridgehead atoms. The van der Waals surface area contributed by atoms with Gasteiger partial charge in [-0.3, -0.25) is 9.59 Å². The number of hydrogen-bond donors (Lipinski definition) is 2. The molecule has 9 heteroatoms. The van der Waals surface area contributed by atoms with Gasteiger partial charge in [0.15, 0.2) is 5.82 Å². The van der Waals surface area contributed by atoms with Crippen LogP contribution in [0.25, 0.3) is 0 Å². The molecule has 0 aromatic carbocycles. The molecule has 5 rings (SSSR count). The highest BCUT2D eigenvalue weighted by molar-refractivity contribution is 5.40. The summed E-state index contributed by atoms with van der Waals surface area (Å²) in [6, 6.07) is 3.24. The van der Waals surface area contributed by atoms with E-state index in [1.165, 1.54) is 17.5 Å². The lowest BCUT2D eigenvalue weighted by Gasteiger charge is -2.37. The van der Waals surface area contributed by atoms with Gasteiger partial charge < -0.3 is 19.9 Å². The van der Waals surface area contributed by atoms with Crippen LogP contribution in [0.1, 0.15) is 57.4 Å². The van der Waals surface area contributed by atoms with Crippen LogP contribution in [0.5, 0.6) is 0 Å². The summed E-state index contributed by atoms with van der Waals surface area (Å²) in [6.45, 7) is 2.20. The first-order chi connectivity index (χ1) is 15.6. The van der Waals surface area contributed by atoms with E-state index in [1.54, 1.807) is 29.1 Å². The van der Waals surface area contributed by atoms with Crippen molar-refractivity contribution < 1.29 is 5.11 Å². The van der Waals surface area contributed by atoms with Crippen molar-refractivity contribution in [2.24, 2.45) is 5.92 Å². The van der Waals surface area contributed by atoms with Gasteiger partial charge in [0.05, 0.1) is 12.1 Å². The zero-order chi connectivity index (χ0) is 22.1. The van der Waals surface area contributed by atoms with E-state index in [2.05, 4.69) is 20.3 Å². The van der Waals surface area contributed by atoms with E-state index in [0.29, 0.717) is 24.7 Å². The molecule has 3 fully saturated rings. The van der Waals surface area contributed by atoms with Crippen LogP contribution >= 0.6 is 0 Å². The second-order valence-corrected chi connectivity index (χ2v) is 9.44. The predicted octanol–water partition coefficient (Wildman–Crippen LogP) is 1.77. The third-order valence-electron chi connectivity index (χ3n) is 7.06. The Morgan fingerprint density at radius 2 is 1.94 bits per heavy atom. The van der Waals surface area contributed by atoms with Gasteiger partial charge in [0.2, 0.25) is 0 Å². The Bertz CT molecular complexity index is 1060. The van der Waals surface area contributed by atoms with Gasteiger partial charge in [0.1, 0.15) is 5.82 Å². The highest BCUT2D eigenvalue weighted by Gasteiger charge is 2.30. The van der Waals surface area contributed by atoms with E-state index in [0.717, 1.165) is 51.0 Å². The molecule has 2 aromatic rings. The van der Waals surface area contributed by atoms with Crippen molar-refractivity contribution in [3.05, 3.63) is 45.2 Å². The maximum Gasteiger partial charge on any atom is 0.293 e. The van der Waals surface area contributed by atoms with Crippen LogP contribution in [0, 0.1) is 5.92 Å². The molecule has 0 amide bonds. The Balaban J connectivity index is 1.33. The van der Waals surface area contributed by atoms with E-state index in [9.17, 15) is 14.7 Å². The third-order valence-corrected chi connectivity index (χ3v) is 7.06. The lowest BCUT2D eigenvalue weighted by molar-refractivity contribution is 0.127. The molecule has 1 aliphatic heterocycles. The molecule has 2 saturated carbocycles. The molecular formula is C23H32N6O3. The summed E-state index contributed by atoms with van der Waals surface area (Å²) < 4.78 is 3.23. The molecule has 2 aromatic heterocycles. The highest BCUT2D eigenvalue weighted by atomic mass is 16.3. The maximum atomic E-state index is 12.8. The SMILES string of the molecule is O=c1c(NCC2CCCCN2c2ccc(=O)n(C3CCCC3O)n2)nccn1CC1CC1. The summed E-state index contributed by atoms with van der Waals surface area (Å²) in [6.07, 6.45) is 10.9. The summed E-state index contributed by atoms with van der Waals surface area (Å²) in [5.41, 5.74) is -0.236. The summed E-state index contributed by atoms with van der Waals surface area (Å²) in [5.74, 6) is 1.77. The molecule has 3 unspecified atom stereocenters. The zero-order valence-corrected chi connectivity index (χ0v) is 18.4. The predicted molar refractivity (Wildman–Crippen MR) is 122 cm³/mol. The van der Waals surface area contributed by atoms with Crippen molar-refractivity contribution in [2.45, 2.75) is 76.1 Å². The number of piperidine rings is 1. The number of rotatable bonds is 7. The van der Waals surface area contributed by atoms with Gasteiger partial charge in [0, 0.05) is 44.1 Å². The van der Waals surface area contributed by atoms with Crippen LogP contribution in [0.2, 0.25) is 0 Å². The zero-order valence-electron chi connectivity index (χ0n) is 18.4. The molecule has 3 atom stereocenters. The fraction of sp³-hybridized carbons (Fsp3) is 0.652. The molecule has 0 radical (unpaired) electrons. The van der Waals surface area contributed by atoms with Crippen molar-refractivity contribution in [2.75, 3.05) is 23.3 Å². The smallest absolute Gasteiger partial charge is 0.293 e. The summed E-state index contributed by atoms with van der Waals surface area (Å²) in [7, 11) is 0. The van der Waals surface area contributed by atoms with Gasteiger partial charge in [0.25, 0.3) is 11.1 Å². The quantitative estimate of drug-likeness (QED) is 0.676. The van der Waals surface area contributed by atoms with Gasteiger partial charge in [-0.25, -0.2) is 9.67 Å². The summed E-state index contributed by atoms with van der Waals surface area (Å²) in [5, 5.41) is 18.2. The number of nitrogens with one attached hydrogen (secondary N) is 1. The highest BCUT2D eigenvalue weighted by Crippen LogP contribution is 2.30. The van der Waals surface area contributed by atoms with E-state index >= 15 is 0 Å². The topological polar surface area (TPSA) is 105 Å². The summed E-state index contributed by atoms with van der Waals surface area (Å²) in [4.78, 5) is 31.7. The first-order valence-corrected chi connectivity index (χ1v) is 11.9. The lowest BCUT2D eigenvalue weighted by Crippen LogP contribution is -2.45. The molecule has 2 aliphatic carbocycles. The Morgan fingerprint density at radius 3 is 2.72 bits per heavy atom. The standard InChI is InChI=1S/C23H32N6O3/c30-19-6-3-5-18(19)29-21(31)10-9-20(26-29)28-12-2-1-4-17(28)14-25-22-23(32)27(13-11-24-22)15-16-7-8-16/h9-11,13,16-19,30H,1-8,12,14-15H2,(H,24,25). The van der Waals surface area contributed by atoms with Crippen molar-refractivity contribution >= 4 is 11.6 Å². The Hall–Kier alpha value is -2.68. The number of anilines is 2. The van der Waals surface area contributed by atoms with Crippen molar-refractivity contribution in [1.82, 2.24) is 19.3 Å². The molecule has 1 saturated heterocycles. The number of nitrogens with zero attached hydrogens (tertiary/aromatic N) is 5. The van der Waals surface area contributed by atoms with Gasteiger partial charge >= 0.3 is 0 Å². The van der Waals surface area contributed by atoms with E-state index in [-0.39, 0.29) is 23.2 Å². The van der Waals surface area contributed by atoms with Crippen LogP contribution < -0.4 is 21.3 Å². The van der Waals surface area contributed by atoms with Gasteiger partial charge in [-0.1, -0.05) is 0 Å². The molecular weight excluding hydrogens is 408 g/mol.